The summed E-state index contributed by atoms with van der Waals surface area (Å²) in [6, 6.07) is 11.5. The Labute approximate surface area is 158 Å². The van der Waals surface area contributed by atoms with Gasteiger partial charge in [-0.2, -0.15) is 10.4 Å². The Morgan fingerprint density at radius 1 is 1.30 bits per heavy atom. The molecule has 0 saturated heterocycles. The minimum atomic E-state index is -1.02. The molecule has 0 fully saturated rings. The van der Waals surface area contributed by atoms with Crippen LogP contribution in [0.2, 0.25) is 0 Å². The summed E-state index contributed by atoms with van der Waals surface area (Å²) in [6.45, 7) is 8.33. The van der Waals surface area contributed by atoms with Crippen LogP contribution in [0.5, 0.6) is 0 Å². The van der Waals surface area contributed by atoms with E-state index in [0.717, 1.165) is 5.69 Å². The van der Waals surface area contributed by atoms with Crippen LogP contribution in [0.4, 0.5) is 0 Å². The van der Waals surface area contributed by atoms with Gasteiger partial charge in [-0.1, -0.05) is 32.0 Å². The lowest BCUT2D eigenvalue weighted by atomic mass is 9.90. The van der Waals surface area contributed by atoms with E-state index in [1.807, 2.05) is 44.2 Å². The van der Waals surface area contributed by atoms with E-state index < -0.39 is 24.0 Å². The van der Waals surface area contributed by atoms with Crippen LogP contribution in [-0.2, 0) is 9.53 Å². The molecule has 1 aromatic heterocycles. The molecule has 2 rings (SSSR count). The molecule has 1 atom stereocenters. The number of hydrogen-bond donors (Lipinski definition) is 1. The molecule has 0 radical (unpaired) electrons. The van der Waals surface area contributed by atoms with Gasteiger partial charge in [0, 0.05) is 0 Å². The number of hydrogen-bond acceptors (Lipinski definition) is 5. The maximum absolute atomic E-state index is 12.5. The number of nitriles is 1. The molecule has 1 unspecified atom stereocenters. The fourth-order valence-corrected chi connectivity index (χ4v) is 2.59. The molecule has 0 aliphatic rings. The molecule has 0 spiro atoms. The number of carbonyl (C=O) groups is 2. The third kappa shape index (κ3) is 4.34. The second-order valence-electron chi connectivity index (χ2n) is 6.89. The van der Waals surface area contributed by atoms with Crippen molar-refractivity contribution < 1.29 is 14.3 Å². The van der Waals surface area contributed by atoms with E-state index >= 15 is 0 Å². The van der Waals surface area contributed by atoms with Crippen LogP contribution in [-0.4, -0.2) is 33.8 Å². The Hall–Kier alpha value is -3.14. The molecule has 1 heterocycles. The van der Waals surface area contributed by atoms with Crippen molar-refractivity contribution in [3.05, 3.63) is 47.3 Å². The zero-order chi connectivity index (χ0) is 20.2. The summed E-state index contributed by atoms with van der Waals surface area (Å²) in [5.74, 6) is -1.23. The van der Waals surface area contributed by atoms with Crippen LogP contribution in [0, 0.1) is 31.1 Å². The molecule has 2 aromatic rings. The maximum atomic E-state index is 12.5. The zero-order valence-electron chi connectivity index (χ0n) is 16.2. The van der Waals surface area contributed by atoms with Crippen LogP contribution in [0.15, 0.2) is 30.3 Å². The maximum Gasteiger partial charge on any atom is 0.342 e. The molecule has 27 heavy (non-hydrogen) atoms. The van der Waals surface area contributed by atoms with E-state index in [2.05, 4.69) is 16.5 Å². The first-order chi connectivity index (χ1) is 12.7. The fraction of sp³-hybridized carbons (Fsp3) is 0.400. The van der Waals surface area contributed by atoms with Crippen LogP contribution < -0.4 is 5.32 Å². The average molecular weight is 368 g/mol. The normalized spacial score (nSPS) is 12.9. The quantitative estimate of drug-likeness (QED) is 0.791. The molecule has 1 N–H and O–H groups in total. The first-order valence-electron chi connectivity index (χ1n) is 8.70. The number of para-hydroxylation sites is 1. The highest BCUT2D eigenvalue weighted by Gasteiger charge is 2.30. The van der Waals surface area contributed by atoms with Gasteiger partial charge in [-0.05, 0) is 38.8 Å². The van der Waals surface area contributed by atoms with Gasteiger partial charge in [-0.3, -0.25) is 4.79 Å². The highest BCUT2D eigenvalue weighted by Crippen LogP contribution is 2.19. The predicted octanol–water partition coefficient (Wildman–Crippen LogP) is 2.70. The Bertz CT molecular complexity index is 881. The second kappa shape index (κ2) is 8.04. The van der Waals surface area contributed by atoms with Crippen LogP contribution in [0.3, 0.4) is 0 Å². The predicted molar refractivity (Wildman–Crippen MR) is 100 cm³/mol. The summed E-state index contributed by atoms with van der Waals surface area (Å²) in [5.41, 5.74) is 1.29. The van der Waals surface area contributed by atoms with Crippen molar-refractivity contribution in [3.8, 4) is 11.8 Å². The number of esters is 1. The van der Waals surface area contributed by atoms with Crippen molar-refractivity contribution in [2.45, 2.75) is 40.2 Å². The highest BCUT2D eigenvalue weighted by molar-refractivity contribution is 5.93. The van der Waals surface area contributed by atoms with E-state index in [0.29, 0.717) is 17.0 Å². The summed E-state index contributed by atoms with van der Waals surface area (Å²) in [7, 11) is 0. The minimum absolute atomic E-state index is 0.0873. The monoisotopic (exact) mass is 368 g/mol. The molecule has 7 heteroatoms. The summed E-state index contributed by atoms with van der Waals surface area (Å²) < 4.78 is 6.82. The highest BCUT2D eigenvalue weighted by atomic mass is 16.5. The number of amides is 1. The number of carbonyl (C=O) groups excluding carboxylic acids is 2. The first-order valence-corrected chi connectivity index (χ1v) is 8.70. The smallest absolute Gasteiger partial charge is 0.342 e. The molecule has 7 nitrogen and oxygen atoms in total. The molecular weight excluding hydrogens is 344 g/mol. The van der Waals surface area contributed by atoms with Crippen LogP contribution >= 0.6 is 0 Å². The van der Waals surface area contributed by atoms with Crippen LogP contribution in [0.1, 0.15) is 42.5 Å². The third-order valence-corrected chi connectivity index (χ3v) is 4.62. The number of benzene rings is 1. The van der Waals surface area contributed by atoms with E-state index in [4.69, 9.17) is 4.74 Å². The van der Waals surface area contributed by atoms with Gasteiger partial charge in [0.1, 0.15) is 11.1 Å². The average Bonchev–Trinajstić information content (AvgIpc) is 2.94. The molecule has 0 bridgehead atoms. The molecular formula is C20H24N4O3. The second-order valence-corrected chi connectivity index (χ2v) is 6.89. The molecule has 1 aromatic carbocycles. The molecule has 0 saturated carbocycles. The number of nitrogens with zero attached hydrogens (tertiary/aromatic N) is 3. The van der Waals surface area contributed by atoms with Crippen molar-refractivity contribution >= 4 is 11.9 Å². The van der Waals surface area contributed by atoms with Gasteiger partial charge in [-0.25, -0.2) is 9.48 Å². The summed E-state index contributed by atoms with van der Waals surface area (Å²) in [4.78, 5) is 24.6. The number of ether oxygens (including phenoxy) is 1. The summed E-state index contributed by atoms with van der Waals surface area (Å²) in [6.07, 6.45) is 0. The Balaban J connectivity index is 2.10. The van der Waals surface area contributed by atoms with Crippen molar-refractivity contribution in [2.24, 2.45) is 5.92 Å². The number of nitrogens with one attached hydrogen (secondary N) is 1. The minimum Gasteiger partial charge on any atom is -0.452 e. The lowest BCUT2D eigenvalue weighted by Crippen LogP contribution is -2.50. The van der Waals surface area contributed by atoms with E-state index in [9.17, 15) is 14.9 Å². The van der Waals surface area contributed by atoms with E-state index in [-0.39, 0.29) is 5.92 Å². The van der Waals surface area contributed by atoms with Crippen molar-refractivity contribution in [3.63, 3.8) is 0 Å². The van der Waals surface area contributed by atoms with Gasteiger partial charge < -0.3 is 10.1 Å². The summed E-state index contributed by atoms with van der Waals surface area (Å²) in [5, 5.41) is 16.3. The molecule has 142 valence electrons. The van der Waals surface area contributed by atoms with Crippen LogP contribution in [0.25, 0.3) is 5.69 Å². The first kappa shape index (κ1) is 20.2. The largest absolute Gasteiger partial charge is 0.452 e. The standard InChI is InChI=1S/C20H24N4O3/c1-13(2)20(5,12-21)22-17(25)11-27-19(26)18-14(3)23-24(15(18)4)16-9-7-6-8-10-16/h6-10,13H,11H2,1-5H3,(H,22,25). The molecule has 0 aliphatic heterocycles. The topological polar surface area (TPSA) is 97.0 Å². The van der Waals surface area contributed by atoms with Crippen molar-refractivity contribution in [1.82, 2.24) is 15.1 Å². The lowest BCUT2D eigenvalue weighted by molar-refractivity contribution is -0.125. The van der Waals surface area contributed by atoms with Gasteiger partial charge in [-0.15, -0.1) is 0 Å². The number of aryl methyl sites for hydroxylation is 1. The Morgan fingerprint density at radius 3 is 2.48 bits per heavy atom. The number of rotatable bonds is 6. The van der Waals surface area contributed by atoms with E-state index in [1.165, 1.54) is 0 Å². The summed E-state index contributed by atoms with van der Waals surface area (Å²) >= 11 is 0. The molecule has 1 amide bonds. The van der Waals surface area contributed by atoms with Gasteiger partial charge in [0.15, 0.2) is 6.61 Å². The molecule has 0 aliphatic carbocycles. The number of aromatic nitrogens is 2. The van der Waals surface area contributed by atoms with E-state index in [1.54, 1.807) is 25.5 Å². The fourth-order valence-electron chi connectivity index (χ4n) is 2.59. The Morgan fingerprint density at radius 2 is 1.93 bits per heavy atom. The van der Waals surface area contributed by atoms with Gasteiger partial charge in [0.05, 0.1) is 23.1 Å². The lowest BCUT2D eigenvalue weighted by Gasteiger charge is -2.27. The third-order valence-electron chi connectivity index (χ3n) is 4.62. The zero-order valence-corrected chi connectivity index (χ0v) is 16.2. The van der Waals surface area contributed by atoms with Gasteiger partial charge in [0.2, 0.25) is 0 Å². The van der Waals surface area contributed by atoms with Gasteiger partial charge in [0.25, 0.3) is 5.91 Å². The SMILES string of the molecule is Cc1nn(-c2ccccc2)c(C)c1C(=O)OCC(=O)NC(C)(C#N)C(C)C. The van der Waals surface area contributed by atoms with Gasteiger partial charge >= 0.3 is 5.97 Å². The van der Waals surface area contributed by atoms with Crippen molar-refractivity contribution in [2.75, 3.05) is 6.61 Å². The van der Waals surface area contributed by atoms with Crippen molar-refractivity contribution in [1.29, 1.82) is 5.26 Å². The Kier molecular flexibility index (Phi) is 6.01.